The average molecular weight is 469 g/mol. The second-order valence-corrected chi connectivity index (χ2v) is 9.17. The number of para-hydroxylation sites is 1. The highest BCUT2D eigenvalue weighted by Gasteiger charge is 2.29. The van der Waals surface area contributed by atoms with Crippen LogP contribution in [0.1, 0.15) is 41.6 Å². The highest BCUT2D eigenvalue weighted by Crippen LogP contribution is 2.38. The predicted molar refractivity (Wildman–Crippen MR) is 131 cm³/mol. The van der Waals surface area contributed by atoms with Gasteiger partial charge in [-0.3, -0.25) is 14.2 Å². The molecule has 9 heteroatoms. The van der Waals surface area contributed by atoms with Crippen molar-refractivity contribution in [2.75, 3.05) is 5.32 Å². The molecular formula is C26H24N6O3. The zero-order chi connectivity index (χ0) is 24.1. The van der Waals surface area contributed by atoms with Gasteiger partial charge in [-0.15, -0.1) is 0 Å². The number of hydrogen-bond donors (Lipinski definition) is 1. The molecular weight excluding hydrogens is 444 g/mol. The number of amides is 1. The SMILES string of the molecule is Cc1ccc(C)c(NC(=O)Cn2c3ccccc3c3ncn(Cc4nc(C5CC5)no4)c(=O)c32)c1. The third-order valence-corrected chi connectivity index (χ3v) is 6.43. The summed E-state index contributed by atoms with van der Waals surface area (Å²) in [5.41, 5.74) is 4.22. The monoisotopic (exact) mass is 468 g/mol. The van der Waals surface area contributed by atoms with Gasteiger partial charge in [-0.05, 0) is 49.9 Å². The van der Waals surface area contributed by atoms with E-state index in [9.17, 15) is 9.59 Å². The van der Waals surface area contributed by atoms with Gasteiger partial charge in [0.1, 0.15) is 24.1 Å². The zero-order valence-electron chi connectivity index (χ0n) is 19.5. The number of rotatable bonds is 6. The normalized spacial score (nSPS) is 13.5. The summed E-state index contributed by atoms with van der Waals surface area (Å²) in [5.74, 6) is 1.20. The van der Waals surface area contributed by atoms with Crippen molar-refractivity contribution >= 4 is 33.5 Å². The van der Waals surface area contributed by atoms with Crippen LogP contribution in [-0.2, 0) is 17.9 Å². The Morgan fingerprint density at radius 3 is 2.83 bits per heavy atom. The predicted octanol–water partition coefficient (Wildman–Crippen LogP) is 3.92. The first-order chi connectivity index (χ1) is 17.0. The molecule has 176 valence electrons. The van der Waals surface area contributed by atoms with Crippen molar-refractivity contribution in [3.63, 3.8) is 0 Å². The molecule has 5 aromatic rings. The fourth-order valence-corrected chi connectivity index (χ4v) is 4.41. The summed E-state index contributed by atoms with van der Waals surface area (Å²) in [4.78, 5) is 35.7. The van der Waals surface area contributed by atoms with E-state index >= 15 is 0 Å². The minimum absolute atomic E-state index is 0.0231. The van der Waals surface area contributed by atoms with Gasteiger partial charge in [0.15, 0.2) is 5.82 Å². The Kier molecular flexibility index (Phi) is 4.98. The quantitative estimate of drug-likeness (QED) is 0.405. The van der Waals surface area contributed by atoms with Crippen molar-refractivity contribution < 1.29 is 9.32 Å². The lowest BCUT2D eigenvalue weighted by Gasteiger charge is -2.11. The number of aryl methyl sites for hydroxylation is 2. The minimum atomic E-state index is -0.267. The molecule has 9 nitrogen and oxygen atoms in total. The van der Waals surface area contributed by atoms with Crippen LogP contribution in [0.5, 0.6) is 0 Å². The van der Waals surface area contributed by atoms with E-state index in [1.54, 1.807) is 4.57 Å². The van der Waals surface area contributed by atoms with Crippen LogP contribution in [0.4, 0.5) is 5.69 Å². The van der Waals surface area contributed by atoms with E-state index in [0.29, 0.717) is 28.7 Å². The van der Waals surface area contributed by atoms with Crippen LogP contribution in [0.2, 0.25) is 0 Å². The molecule has 6 rings (SSSR count). The van der Waals surface area contributed by atoms with Crippen LogP contribution in [-0.4, -0.2) is 30.2 Å². The summed E-state index contributed by atoms with van der Waals surface area (Å²) < 4.78 is 8.54. The largest absolute Gasteiger partial charge is 0.337 e. The van der Waals surface area contributed by atoms with Crippen LogP contribution in [0.3, 0.4) is 0 Å². The van der Waals surface area contributed by atoms with Gasteiger partial charge >= 0.3 is 0 Å². The molecule has 0 aliphatic heterocycles. The van der Waals surface area contributed by atoms with Gasteiger partial charge in [0.05, 0.1) is 11.8 Å². The Bertz CT molecular complexity index is 1660. The van der Waals surface area contributed by atoms with E-state index in [4.69, 9.17) is 4.52 Å². The van der Waals surface area contributed by atoms with E-state index in [1.165, 1.54) is 10.9 Å². The minimum Gasteiger partial charge on any atom is -0.337 e. The first-order valence-corrected chi connectivity index (χ1v) is 11.6. The molecule has 1 aliphatic rings. The number of nitrogens with zero attached hydrogens (tertiary/aromatic N) is 5. The molecule has 0 saturated heterocycles. The Hall–Kier alpha value is -4.27. The van der Waals surface area contributed by atoms with Crippen molar-refractivity contribution in [1.82, 2.24) is 24.3 Å². The maximum absolute atomic E-state index is 13.6. The second-order valence-electron chi connectivity index (χ2n) is 9.17. The van der Waals surface area contributed by atoms with Crippen molar-refractivity contribution in [3.8, 4) is 0 Å². The van der Waals surface area contributed by atoms with Crippen molar-refractivity contribution in [1.29, 1.82) is 0 Å². The second kappa shape index (κ2) is 8.19. The topological polar surface area (TPSA) is 108 Å². The molecule has 0 bridgehead atoms. The number of benzene rings is 2. The summed E-state index contributed by atoms with van der Waals surface area (Å²) in [7, 11) is 0. The molecule has 2 aromatic carbocycles. The fourth-order valence-electron chi connectivity index (χ4n) is 4.41. The molecule has 1 fully saturated rings. The number of carbonyl (C=O) groups is 1. The smallest absolute Gasteiger partial charge is 0.278 e. The lowest BCUT2D eigenvalue weighted by molar-refractivity contribution is -0.116. The van der Waals surface area contributed by atoms with Crippen molar-refractivity contribution in [2.24, 2.45) is 0 Å². The number of anilines is 1. The van der Waals surface area contributed by atoms with Gasteiger partial charge in [-0.1, -0.05) is 35.5 Å². The summed E-state index contributed by atoms with van der Waals surface area (Å²) in [6, 6.07) is 13.5. The van der Waals surface area contributed by atoms with Crippen molar-refractivity contribution in [2.45, 2.75) is 45.7 Å². The molecule has 0 unspecified atom stereocenters. The molecule has 3 aromatic heterocycles. The van der Waals surface area contributed by atoms with E-state index in [1.807, 2.05) is 56.3 Å². The van der Waals surface area contributed by atoms with Gasteiger partial charge in [0.2, 0.25) is 11.8 Å². The lowest BCUT2D eigenvalue weighted by Crippen LogP contribution is -2.25. The summed E-state index contributed by atoms with van der Waals surface area (Å²) in [5, 5.41) is 7.84. The summed E-state index contributed by atoms with van der Waals surface area (Å²) in [6.07, 6.45) is 3.63. The Morgan fingerprint density at radius 2 is 2.00 bits per heavy atom. The number of nitrogens with one attached hydrogen (secondary N) is 1. The van der Waals surface area contributed by atoms with E-state index < -0.39 is 0 Å². The van der Waals surface area contributed by atoms with E-state index in [-0.39, 0.29) is 24.6 Å². The summed E-state index contributed by atoms with van der Waals surface area (Å²) >= 11 is 0. The fraction of sp³-hybridized carbons (Fsp3) is 0.269. The van der Waals surface area contributed by atoms with Gasteiger partial charge in [0, 0.05) is 17.0 Å². The number of hydrogen-bond acceptors (Lipinski definition) is 6. The molecule has 1 aliphatic carbocycles. The van der Waals surface area contributed by atoms with Crippen LogP contribution in [0.15, 0.2) is 58.1 Å². The first-order valence-electron chi connectivity index (χ1n) is 11.6. The maximum atomic E-state index is 13.6. The van der Waals surface area contributed by atoms with Gasteiger partial charge in [-0.25, -0.2) is 4.98 Å². The van der Waals surface area contributed by atoms with Crippen LogP contribution >= 0.6 is 0 Å². The van der Waals surface area contributed by atoms with Gasteiger partial charge in [0.25, 0.3) is 5.56 Å². The van der Waals surface area contributed by atoms with Crippen LogP contribution in [0.25, 0.3) is 21.9 Å². The highest BCUT2D eigenvalue weighted by atomic mass is 16.5. The highest BCUT2D eigenvalue weighted by molar-refractivity contribution is 6.06. The number of carbonyl (C=O) groups excluding carboxylic acids is 1. The molecule has 0 atom stereocenters. The van der Waals surface area contributed by atoms with Gasteiger partial charge in [-0.2, -0.15) is 4.98 Å². The third-order valence-electron chi connectivity index (χ3n) is 6.43. The molecule has 35 heavy (non-hydrogen) atoms. The molecule has 0 radical (unpaired) electrons. The maximum Gasteiger partial charge on any atom is 0.278 e. The third kappa shape index (κ3) is 3.88. The van der Waals surface area contributed by atoms with Crippen molar-refractivity contribution in [3.05, 3.63) is 82.0 Å². The molecule has 1 saturated carbocycles. The average Bonchev–Trinajstić information content (AvgIpc) is 3.51. The molecule has 0 spiro atoms. The lowest BCUT2D eigenvalue weighted by atomic mass is 10.1. The van der Waals surface area contributed by atoms with Crippen LogP contribution < -0.4 is 10.9 Å². The van der Waals surface area contributed by atoms with E-state index in [0.717, 1.165) is 40.6 Å². The standard InChI is InChI=1S/C26H24N6O3/c1-15-7-8-16(2)19(11-15)28-21(33)12-32-20-6-4-3-5-18(20)23-24(32)26(34)31(14-27-23)13-22-29-25(30-35-22)17-9-10-17/h3-8,11,14,17H,9-10,12-13H2,1-2H3,(H,28,33). The zero-order valence-corrected chi connectivity index (χ0v) is 19.5. The molecule has 3 heterocycles. The van der Waals surface area contributed by atoms with Crippen LogP contribution in [0, 0.1) is 13.8 Å². The number of aromatic nitrogens is 5. The Labute approximate surface area is 200 Å². The number of fused-ring (bicyclic) bond motifs is 3. The van der Waals surface area contributed by atoms with E-state index in [2.05, 4.69) is 20.4 Å². The van der Waals surface area contributed by atoms with Gasteiger partial charge < -0.3 is 14.4 Å². The first kappa shape index (κ1) is 21.3. The molecule has 1 N–H and O–H groups in total. The molecule has 1 amide bonds. The Balaban J connectivity index is 1.39. The Morgan fingerprint density at radius 1 is 1.17 bits per heavy atom. The summed E-state index contributed by atoms with van der Waals surface area (Å²) in [6.45, 7) is 4.03.